The van der Waals surface area contributed by atoms with E-state index in [9.17, 15) is 0 Å². The van der Waals surface area contributed by atoms with Gasteiger partial charge in [0.2, 0.25) is 0 Å². The molecule has 2 aromatic rings. The molecule has 4 nitrogen and oxygen atoms in total. The van der Waals surface area contributed by atoms with E-state index in [1.165, 1.54) is 36.3 Å². The van der Waals surface area contributed by atoms with Gasteiger partial charge in [-0.15, -0.1) is 0 Å². The van der Waals surface area contributed by atoms with E-state index in [0.717, 1.165) is 55.4 Å². The lowest BCUT2D eigenvalue weighted by Crippen LogP contribution is -2.45. The Labute approximate surface area is 154 Å². The highest BCUT2D eigenvalue weighted by Crippen LogP contribution is 2.31. The van der Waals surface area contributed by atoms with Crippen LogP contribution in [0.2, 0.25) is 5.02 Å². The van der Waals surface area contributed by atoms with Crippen molar-refractivity contribution in [3.05, 3.63) is 40.5 Å². The predicted octanol–water partition coefficient (Wildman–Crippen LogP) is 3.82. The number of hydrogen-bond acceptors (Lipinski definition) is 4. The summed E-state index contributed by atoms with van der Waals surface area (Å²) in [6.07, 6.45) is 5.94. The summed E-state index contributed by atoms with van der Waals surface area (Å²) in [5.41, 5.74) is 3.69. The number of hydrogen-bond donors (Lipinski definition) is 0. The Morgan fingerprint density at radius 2 is 1.60 bits per heavy atom. The molecule has 0 bridgehead atoms. The smallest absolute Gasteiger partial charge is 0.161 e. The molecule has 0 amide bonds. The fourth-order valence-electron chi connectivity index (χ4n) is 3.76. The lowest BCUT2D eigenvalue weighted by molar-refractivity contribution is 0.311. The molecule has 4 rings (SSSR count). The third-order valence-corrected chi connectivity index (χ3v) is 5.57. The third kappa shape index (κ3) is 3.65. The normalized spacial score (nSPS) is 18.7. The summed E-state index contributed by atoms with van der Waals surface area (Å²) < 4.78 is 0. The Hall–Kier alpha value is -1.65. The maximum absolute atomic E-state index is 6.05. The number of fused-ring (bicyclic) bond motifs is 1. The first-order valence-electron chi connectivity index (χ1n) is 9.30. The van der Waals surface area contributed by atoms with Crippen LogP contribution in [-0.2, 0) is 12.8 Å². The van der Waals surface area contributed by atoms with Crippen molar-refractivity contribution >= 4 is 17.4 Å². The molecule has 132 valence electrons. The summed E-state index contributed by atoms with van der Waals surface area (Å²) in [5.74, 6) is 2.01. The fraction of sp³-hybridized carbons (Fsp3) is 0.500. The first-order valence-corrected chi connectivity index (χ1v) is 9.68. The standard InChI is InChI=1S/C20H25ClN4/c1-24-11-13-25(14-12-24)20-17-5-3-2-4-6-18(17)22-19(23-20)15-7-9-16(21)10-8-15/h7-10H,2-6,11-14H2,1H3. The molecule has 1 fully saturated rings. The summed E-state index contributed by atoms with van der Waals surface area (Å²) in [5, 5.41) is 0.748. The summed E-state index contributed by atoms with van der Waals surface area (Å²) in [6, 6.07) is 7.88. The SMILES string of the molecule is CN1CCN(c2nc(-c3ccc(Cl)cc3)nc3c2CCCCC3)CC1. The minimum atomic E-state index is 0.748. The third-order valence-electron chi connectivity index (χ3n) is 5.32. The van der Waals surface area contributed by atoms with Crippen molar-refractivity contribution in [2.45, 2.75) is 32.1 Å². The van der Waals surface area contributed by atoms with Gasteiger partial charge in [0.25, 0.3) is 0 Å². The van der Waals surface area contributed by atoms with Crippen LogP contribution in [0.15, 0.2) is 24.3 Å². The van der Waals surface area contributed by atoms with Gasteiger partial charge in [-0.05, 0) is 57.0 Å². The molecule has 1 aliphatic heterocycles. The second-order valence-corrected chi connectivity index (χ2v) is 7.59. The molecule has 2 heterocycles. The fourth-order valence-corrected chi connectivity index (χ4v) is 3.88. The quantitative estimate of drug-likeness (QED) is 0.766. The summed E-state index contributed by atoms with van der Waals surface area (Å²) in [6.45, 7) is 4.27. The number of likely N-dealkylation sites (N-methyl/N-ethyl adjacent to an activating group) is 1. The van der Waals surface area contributed by atoms with E-state index >= 15 is 0 Å². The number of nitrogens with zero attached hydrogens (tertiary/aromatic N) is 4. The second kappa shape index (κ2) is 7.30. The highest BCUT2D eigenvalue weighted by atomic mass is 35.5. The molecule has 0 unspecified atom stereocenters. The molecular formula is C20H25ClN4. The van der Waals surface area contributed by atoms with E-state index in [-0.39, 0.29) is 0 Å². The topological polar surface area (TPSA) is 32.3 Å². The number of aryl methyl sites for hydroxylation is 1. The second-order valence-electron chi connectivity index (χ2n) is 7.15. The van der Waals surface area contributed by atoms with Gasteiger partial charge in [0.15, 0.2) is 5.82 Å². The van der Waals surface area contributed by atoms with Gasteiger partial charge in [0.05, 0.1) is 0 Å². The van der Waals surface area contributed by atoms with Crippen molar-refractivity contribution in [1.29, 1.82) is 0 Å². The lowest BCUT2D eigenvalue weighted by Gasteiger charge is -2.34. The number of rotatable bonds is 2. The van der Waals surface area contributed by atoms with Crippen molar-refractivity contribution in [2.24, 2.45) is 0 Å². The van der Waals surface area contributed by atoms with Crippen LogP contribution in [0.5, 0.6) is 0 Å². The molecule has 2 aliphatic rings. The molecule has 25 heavy (non-hydrogen) atoms. The van der Waals surface area contributed by atoms with Crippen molar-refractivity contribution in [3.8, 4) is 11.4 Å². The monoisotopic (exact) mass is 356 g/mol. The zero-order chi connectivity index (χ0) is 17.2. The van der Waals surface area contributed by atoms with Gasteiger partial charge in [-0.3, -0.25) is 0 Å². The van der Waals surface area contributed by atoms with Crippen molar-refractivity contribution in [1.82, 2.24) is 14.9 Å². The molecule has 0 spiro atoms. The molecule has 1 aromatic heterocycles. The Morgan fingerprint density at radius 1 is 0.880 bits per heavy atom. The molecule has 0 saturated carbocycles. The van der Waals surface area contributed by atoms with E-state index in [0.29, 0.717) is 0 Å². The van der Waals surface area contributed by atoms with Crippen molar-refractivity contribution in [3.63, 3.8) is 0 Å². The lowest BCUT2D eigenvalue weighted by atomic mass is 10.1. The summed E-state index contributed by atoms with van der Waals surface area (Å²) >= 11 is 6.05. The first-order chi connectivity index (χ1) is 12.2. The highest BCUT2D eigenvalue weighted by molar-refractivity contribution is 6.30. The van der Waals surface area contributed by atoms with Crippen LogP contribution in [0.25, 0.3) is 11.4 Å². The average molecular weight is 357 g/mol. The Bertz CT molecular complexity index is 736. The van der Waals surface area contributed by atoms with Gasteiger partial charge in [-0.25, -0.2) is 9.97 Å². The molecule has 1 aliphatic carbocycles. The minimum absolute atomic E-state index is 0.748. The van der Waals surface area contributed by atoms with Gasteiger partial charge in [0.1, 0.15) is 5.82 Å². The Balaban J connectivity index is 1.77. The van der Waals surface area contributed by atoms with Gasteiger partial charge in [-0.1, -0.05) is 18.0 Å². The van der Waals surface area contributed by atoms with Crippen LogP contribution in [0, 0.1) is 0 Å². The highest BCUT2D eigenvalue weighted by Gasteiger charge is 2.23. The van der Waals surface area contributed by atoms with Crippen LogP contribution < -0.4 is 4.90 Å². The first kappa shape index (κ1) is 16.8. The minimum Gasteiger partial charge on any atom is -0.354 e. The number of anilines is 1. The van der Waals surface area contributed by atoms with E-state index in [2.05, 4.69) is 16.8 Å². The van der Waals surface area contributed by atoms with Crippen LogP contribution in [-0.4, -0.2) is 48.1 Å². The predicted molar refractivity (Wildman–Crippen MR) is 103 cm³/mol. The van der Waals surface area contributed by atoms with Crippen LogP contribution in [0.1, 0.15) is 30.5 Å². The van der Waals surface area contributed by atoms with Gasteiger partial charge in [0, 0.05) is 48.0 Å². The molecule has 5 heteroatoms. The summed E-state index contributed by atoms with van der Waals surface area (Å²) in [4.78, 5) is 14.8. The van der Waals surface area contributed by atoms with Gasteiger partial charge in [-0.2, -0.15) is 0 Å². The molecule has 0 N–H and O–H groups in total. The summed E-state index contributed by atoms with van der Waals surface area (Å²) in [7, 11) is 2.19. The van der Waals surface area contributed by atoms with Gasteiger partial charge < -0.3 is 9.80 Å². The van der Waals surface area contributed by atoms with E-state index < -0.39 is 0 Å². The largest absolute Gasteiger partial charge is 0.354 e. The van der Waals surface area contributed by atoms with Crippen LogP contribution >= 0.6 is 11.6 Å². The Morgan fingerprint density at radius 3 is 2.36 bits per heavy atom. The van der Waals surface area contributed by atoms with Crippen LogP contribution in [0.4, 0.5) is 5.82 Å². The van der Waals surface area contributed by atoms with Crippen LogP contribution in [0.3, 0.4) is 0 Å². The number of piperazine rings is 1. The molecule has 1 aromatic carbocycles. The van der Waals surface area contributed by atoms with Crippen molar-refractivity contribution < 1.29 is 0 Å². The molecule has 0 atom stereocenters. The maximum Gasteiger partial charge on any atom is 0.161 e. The maximum atomic E-state index is 6.05. The molecule has 1 saturated heterocycles. The van der Waals surface area contributed by atoms with Gasteiger partial charge >= 0.3 is 0 Å². The van der Waals surface area contributed by atoms with Crippen molar-refractivity contribution in [2.75, 3.05) is 38.1 Å². The molecule has 0 radical (unpaired) electrons. The zero-order valence-corrected chi connectivity index (χ0v) is 15.6. The van der Waals surface area contributed by atoms with E-state index in [1.807, 2.05) is 24.3 Å². The molecular weight excluding hydrogens is 332 g/mol. The number of benzene rings is 1. The zero-order valence-electron chi connectivity index (χ0n) is 14.8. The number of halogens is 1. The van der Waals surface area contributed by atoms with E-state index in [1.54, 1.807) is 0 Å². The van der Waals surface area contributed by atoms with E-state index in [4.69, 9.17) is 21.6 Å². The average Bonchev–Trinajstić information content (AvgIpc) is 2.88. The Kier molecular flexibility index (Phi) is 4.91. The number of aromatic nitrogens is 2.